The number of nitriles is 1. The summed E-state index contributed by atoms with van der Waals surface area (Å²) in [6.45, 7) is -0.519. The van der Waals surface area contributed by atoms with E-state index in [4.69, 9.17) is 21.3 Å². The van der Waals surface area contributed by atoms with Crippen LogP contribution in [0.2, 0.25) is 0 Å². The van der Waals surface area contributed by atoms with Gasteiger partial charge in [0.2, 0.25) is 5.95 Å². The molecule has 0 spiro atoms. The fourth-order valence-electron chi connectivity index (χ4n) is 1.73. The molecule has 0 saturated heterocycles. The Balaban J connectivity index is 2.57. The van der Waals surface area contributed by atoms with Crippen LogP contribution in [0.5, 0.6) is 5.75 Å². The summed E-state index contributed by atoms with van der Waals surface area (Å²) in [6.07, 6.45) is 0. The zero-order valence-electron chi connectivity index (χ0n) is 10.8. The number of carboxylic acids is 1. The monoisotopic (exact) mass is 285 g/mol. The van der Waals surface area contributed by atoms with Crippen LogP contribution in [-0.2, 0) is 4.79 Å². The third-order valence-electron chi connectivity index (χ3n) is 2.56. The van der Waals surface area contributed by atoms with Crippen molar-refractivity contribution in [2.45, 2.75) is 0 Å². The van der Waals surface area contributed by atoms with Crippen LogP contribution < -0.4 is 16.2 Å². The van der Waals surface area contributed by atoms with Gasteiger partial charge in [-0.25, -0.2) is 9.78 Å². The van der Waals surface area contributed by atoms with Gasteiger partial charge in [-0.15, -0.1) is 0 Å². The van der Waals surface area contributed by atoms with Crippen molar-refractivity contribution in [3.05, 3.63) is 29.8 Å². The number of hydrogen-bond donors (Lipinski definition) is 3. The number of anilines is 2. The summed E-state index contributed by atoms with van der Waals surface area (Å²) in [5, 5.41) is 17.9. The average molecular weight is 285 g/mol. The molecule has 1 heterocycles. The molecule has 1 aromatic heterocycles. The van der Waals surface area contributed by atoms with E-state index in [1.165, 1.54) is 0 Å². The lowest BCUT2D eigenvalue weighted by molar-refractivity contribution is -0.139. The zero-order valence-corrected chi connectivity index (χ0v) is 10.8. The molecule has 2 aromatic rings. The molecule has 1 aromatic carbocycles. The summed E-state index contributed by atoms with van der Waals surface area (Å²) in [6, 6.07) is 8.45. The van der Waals surface area contributed by atoms with E-state index < -0.39 is 12.6 Å². The molecule has 106 valence electrons. The Hall–Kier alpha value is -3.34. The molecule has 5 N–H and O–H groups in total. The number of nitrogens with zero attached hydrogens (tertiary/aromatic N) is 3. The number of rotatable bonds is 4. The third kappa shape index (κ3) is 2.98. The maximum atomic E-state index is 10.6. The first-order valence-electron chi connectivity index (χ1n) is 5.80. The van der Waals surface area contributed by atoms with Gasteiger partial charge in [-0.3, -0.25) is 0 Å². The Morgan fingerprint density at radius 3 is 2.71 bits per heavy atom. The topological polar surface area (TPSA) is 148 Å². The molecule has 0 saturated carbocycles. The van der Waals surface area contributed by atoms with Crippen LogP contribution in [0.25, 0.3) is 11.3 Å². The highest BCUT2D eigenvalue weighted by Gasteiger charge is 2.17. The molecule has 21 heavy (non-hydrogen) atoms. The number of aliphatic carboxylic acids is 1. The van der Waals surface area contributed by atoms with E-state index in [2.05, 4.69) is 9.97 Å². The smallest absolute Gasteiger partial charge is 0.341 e. The molecule has 0 fully saturated rings. The molecule has 2 rings (SSSR count). The fourth-order valence-corrected chi connectivity index (χ4v) is 1.73. The number of nitrogens with two attached hydrogens (primary N) is 2. The Kier molecular flexibility index (Phi) is 3.85. The molecule has 8 nitrogen and oxygen atoms in total. The lowest BCUT2D eigenvalue weighted by Crippen LogP contribution is -2.11. The summed E-state index contributed by atoms with van der Waals surface area (Å²) >= 11 is 0. The molecule has 0 radical (unpaired) electrons. The van der Waals surface area contributed by atoms with Gasteiger partial charge in [0, 0.05) is 5.56 Å². The summed E-state index contributed by atoms with van der Waals surface area (Å²) in [5.74, 6) is -0.997. The van der Waals surface area contributed by atoms with Gasteiger partial charge in [0.1, 0.15) is 23.2 Å². The van der Waals surface area contributed by atoms with E-state index in [1.54, 1.807) is 24.3 Å². The number of para-hydroxylation sites is 1. The van der Waals surface area contributed by atoms with Gasteiger partial charge < -0.3 is 21.3 Å². The third-order valence-corrected chi connectivity index (χ3v) is 2.56. The summed E-state index contributed by atoms with van der Waals surface area (Å²) in [5.41, 5.74) is 11.9. The Labute approximate surface area is 119 Å². The average Bonchev–Trinajstić information content (AvgIpc) is 2.44. The lowest BCUT2D eigenvalue weighted by atomic mass is 10.1. The van der Waals surface area contributed by atoms with E-state index >= 15 is 0 Å². The van der Waals surface area contributed by atoms with Crippen LogP contribution in [0.4, 0.5) is 11.8 Å². The van der Waals surface area contributed by atoms with Crippen LogP contribution in [0.15, 0.2) is 24.3 Å². The van der Waals surface area contributed by atoms with Crippen LogP contribution in [0.3, 0.4) is 0 Å². The number of nitrogen functional groups attached to an aromatic ring is 2. The standard InChI is InChI=1S/C13H11N5O3/c14-5-8-11(17-13(16)18-12(8)15)7-3-1-2-4-9(7)21-6-10(19)20/h1-4H,6H2,(H,19,20)(H4,15,16,17,18). The van der Waals surface area contributed by atoms with E-state index in [9.17, 15) is 10.1 Å². The second-order valence-corrected chi connectivity index (χ2v) is 3.98. The molecule has 0 unspecified atom stereocenters. The van der Waals surface area contributed by atoms with E-state index in [0.29, 0.717) is 5.56 Å². The molecule has 0 atom stereocenters. The predicted octanol–water partition coefficient (Wildman–Crippen LogP) is 0.643. The maximum Gasteiger partial charge on any atom is 0.341 e. The minimum Gasteiger partial charge on any atom is -0.481 e. The highest BCUT2D eigenvalue weighted by molar-refractivity contribution is 5.77. The SMILES string of the molecule is N#Cc1c(N)nc(N)nc1-c1ccccc1OCC(=O)O. The van der Waals surface area contributed by atoms with Gasteiger partial charge in [-0.05, 0) is 12.1 Å². The van der Waals surface area contributed by atoms with E-state index in [-0.39, 0.29) is 28.8 Å². The van der Waals surface area contributed by atoms with Gasteiger partial charge in [0.05, 0.1) is 5.69 Å². The van der Waals surface area contributed by atoms with Crippen LogP contribution in [0.1, 0.15) is 5.56 Å². The Bertz CT molecular complexity index is 739. The van der Waals surface area contributed by atoms with Crippen LogP contribution >= 0.6 is 0 Å². The first-order chi connectivity index (χ1) is 10.0. The Morgan fingerprint density at radius 2 is 2.05 bits per heavy atom. The van der Waals surface area contributed by atoms with Gasteiger partial charge in [-0.2, -0.15) is 10.2 Å². The molecule has 0 aliphatic rings. The minimum absolute atomic E-state index is 0.0481. The van der Waals surface area contributed by atoms with Crippen LogP contribution in [0, 0.1) is 11.3 Å². The fraction of sp³-hybridized carbons (Fsp3) is 0.0769. The van der Waals surface area contributed by atoms with Crippen molar-refractivity contribution in [1.82, 2.24) is 9.97 Å². The summed E-state index contributed by atoms with van der Waals surface area (Å²) in [7, 11) is 0. The molecular formula is C13H11N5O3. The maximum absolute atomic E-state index is 10.6. The van der Waals surface area contributed by atoms with Gasteiger partial charge in [0.15, 0.2) is 6.61 Å². The second kappa shape index (κ2) is 5.75. The van der Waals surface area contributed by atoms with Gasteiger partial charge in [0.25, 0.3) is 0 Å². The largest absolute Gasteiger partial charge is 0.481 e. The number of aromatic nitrogens is 2. The molecule has 0 aliphatic carbocycles. The quantitative estimate of drug-likeness (QED) is 0.741. The number of ether oxygens (including phenoxy) is 1. The number of benzene rings is 1. The molecule has 0 amide bonds. The predicted molar refractivity (Wildman–Crippen MR) is 74.1 cm³/mol. The van der Waals surface area contributed by atoms with E-state index in [0.717, 1.165) is 0 Å². The van der Waals surface area contributed by atoms with Gasteiger partial charge in [-0.1, -0.05) is 12.1 Å². The number of carboxylic acid groups (broad SMARTS) is 1. The van der Waals surface area contributed by atoms with Crippen molar-refractivity contribution < 1.29 is 14.6 Å². The highest BCUT2D eigenvalue weighted by atomic mass is 16.5. The molecule has 0 aliphatic heterocycles. The van der Waals surface area contributed by atoms with Crippen molar-refractivity contribution in [2.24, 2.45) is 0 Å². The first-order valence-corrected chi connectivity index (χ1v) is 5.80. The van der Waals surface area contributed by atoms with Crippen molar-refractivity contribution in [3.8, 4) is 23.1 Å². The number of hydrogen-bond acceptors (Lipinski definition) is 7. The Morgan fingerprint density at radius 1 is 1.33 bits per heavy atom. The van der Waals surface area contributed by atoms with Crippen molar-refractivity contribution in [1.29, 1.82) is 5.26 Å². The molecule has 0 bridgehead atoms. The van der Waals surface area contributed by atoms with Crippen molar-refractivity contribution in [3.63, 3.8) is 0 Å². The normalized spacial score (nSPS) is 9.86. The van der Waals surface area contributed by atoms with E-state index in [1.807, 2.05) is 6.07 Å². The summed E-state index contributed by atoms with van der Waals surface area (Å²) < 4.78 is 5.18. The molecule has 8 heteroatoms. The van der Waals surface area contributed by atoms with Crippen molar-refractivity contribution in [2.75, 3.05) is 18.1 Å². The number of carbonyl (C=O) groups is 1. The van der Waals surface area contributed by atoms with Crippen LogP contribution in [-0.4, -0.2) is 27.7 Å². The van der Waals surface area contributed by atoms with Gasteiger partial charge >= 0.3 is 5.97 Å². The minimum atomic E-state index is -1.12. The lowest BCUT2D eigenvalue weighted by Gasteiger charge is -2.11. The highest BCUT2D eigenvalue weighted by Crippen LogP contribution is 2.32. The van der Waals surface area contributed by atoms with Crippen molar-refractivity contribution >= 4 is 17.7 Å². The summed E-state index contributed by atoms with van der Waals surface area (Å²) in [4.78, 5) is 18.3. The second-order valence-electron chi connectivity index (χ2n) is 3.98. The first kappa shape index (κ1) is 14.1. The molecular weight excluding hydrogens is 274 g/mol. The zero-order chi connectivity index (χ0) is 15.4.